The first-order valence-corrected chi connectivity index (χ1v) is 8.93. The van der Waals surface area contributed by atoms with Crippen LogP contribution in [0, 0.1) is 0 Å². The highest BCUT2D eigenvalue weighted by molar-refractivity contribution is 6.34. The summed E-state index contributed by atoms with van der Waals surface area (Å²) in [6.45, 7) is 1.33. The van der Waals surface area contributed by atoms with Gasteiger partial charge in [-0.1, -0.05) is 35.3 Å². The average molecular weight is 380 g/mol. The van der Waals surface area contributed by atoms with Gasteiger partial charge in [0, 0.05) is 24.2 Å². The molecule has 132 valence electrons. The second-order valence-electron chi connectivity index (χ2n) is 6.11. The number of amides is 1. The lowest BCUT2D eigenvalue weighted by molar-refractivity contribution is -0.134. The summed E-state index contributed by atoms with van der Waals surface area (Å²) in [5, 5.41) is 10.3. The Kier molecular flexibility index (Phi) is 5.71. The maximum absolute atomic E-state index is 12.3. The largest absolute Gasteiger partial charge is 0.508 e. The Bertz CT molecular complexity index is 741. The number of hydrogen-bond acceptors (Lipinski definition) is 3. The molecule has 0 unspecified atom stereocenters. The summed E-state index contributed by atoms with van der Waals surface area (Å²) < 4.78 is 5.52. The van der Waals surface area contributed by atoms with Crippen molar-refractivity contribution in [2.75, 3.05) is 19.7 Å². The molecular formula is C19H19Cl2NO3. The number of phenolic OH excluding ortho intramolecular Hbond substituents is 1. The van der Waals surface area contributed by atoms with Gasteiger partial charge >= 0.3 is 0 Å². The Balaban J connectivity index is 1.51. The molecule has 1 amide bonds. The lowest BCUT2D eigenvalue weighted by Gasteiger charge is -2.32. The number of hydrogen-bond donors (Lipinski definition) is 1. The number of rotatable bonds is 4. The molecule has 0 atom stereocenters. The highest BCUT2D eigenvalue weighted by Gasteiger charge is 2.24. The maximum Gasteiger partial charge on any atom is 0.260 e. The number of aromatic hydroxyl groups is 1. The number of carbonyl (C=O) groups excluding carboxylic acids is 1. The molecular weight excluding hydrogens is 361 g/mol. The van der Waals surface area contributed by atoms with Crippen molar-refractivity contribution in [3.63, 3.8) is 0 Å². The number of likely N-dealkylation sites (tertiary alicyclic amines) is 1. The van der Waals surface area contributed by atoms with E-state index in [0.717, 1.165) is 12.8 Å². The monoisotopic (exact) mass is 379 g/mol. The number of nitrogens with zero attached hydrogens (tertiary/aromatic N) is 1. The SMILES string of the molecule is O=C(COc1cc(Cl)ccc1Cl)N1CCC(c2ccc(O)cc2)CC1. The van der Waals surface area contributed by atoms with Crippen molar-refractivity contribution in [3.05, 3.63) is 58.1 Å². The van der Waals surface area contributed by atoms with Crippen LogP contribution in [0.2, 0.25) is 10.0 Å². The molecule has 1 saturated heterocycles. The lowest BCUT2D eigenvalue weighted by Crippen LogP contribution is -2.40. The van der Waals surface area contributed by atoms with Crippen molar-refractivity contribution in [1.82, 2.24) is 4.90 Å². The fourth-order valence-electron chi connectivity index (χ4n) is 3.03. The Morgan fingerprint density at radius 3 is 2.48 bits per heavy atom. The minimum atomic E-state index is -0.0554. The van der Waals surface area contributed by atoms with E-state index in [0.29, 0.717) is 34.8 Å². The van der Waals surface area contributed by atoms with Crippen molar-refractivity contribution in [2.45, 2.75) is 18.8 Å². The molecule has 0 bridgehead atoms. The van der Waals surface area contributed by atoms with E-state index in [-0.39, 0.29) is 18.3 Å². The lowest BCUT2D eigenvalue weighted by atomic mass is 9.89. The van der Waals surface area contributed by atoms with Crippen LogP contribution in [-0.4, -0.2) is 35.6 Å². The first kappa shape index (κ1) is 17.9. The molecule has 0 aromatic heterocycles. The van der Waals surface area contributed by atoms with Gasteiger partial charge in [0.05, 0.1) is 5.02 Å². The third-order valence-corrected chi connectivity index (χ3v) is 5.00. The van der Waals surface area contributed by atoms with Crippen LogP contribution in [0.1, 0.15) is 24.3 Å². The van der Waals surface area contributed by atoms with Crippen LogP contribution in [0.5, 0.6) is 11.5 Å². The number of piperidine rings is 1. The second-order valence-corrected chi connectivity index (χ2v) is 6.95. The Labute approximate surface area is 156 Å². The van der Waals surface area contributed by atoms with Gasteiger partial charge in [-0.2, -0.15) is 0 Å². The number of benzene rings is 2. The number of phenols is 1. The van der Waals surface area contributed by atoms with Gasteiger partial charge in [-0.15, -0.1) is 0 Å². The standard InChI is InChI=1S/C19H19Cl2NO3/c20-15-3-6-17(21)18(11-15)25-12-19(24)22-9-7-14(8-10-22)13-1-4-16(23)5-2-13/h1-6,11,14,23H,7-10,12H2. The van der Waals surface area contributed by atoms with Crippen LogP contribution in [0.4, 0.5) is 0 Å². The molecule has 3 rings (SSSR count). The molecule has 25 heavy (non-hydrogen) atoms. The summed E-state index contributed by atoms with van der Waals surface area (Å²) in [6.07, 6.45) is 1.79. The van der Waals surface area contributed by atoms with E-state index in [9.17, 15) is 9.90 Å². The molecule has 2 aromatic carbocycles. The van der Waals surface area contributed by atoms with Gasteiger partial charge < -0.3 is 14.7 Å². The van der Waals surface area contributed by atoms with Gasteiger partial charge in [0.2, 0.25) is 0 Å². The molecule has 1 fully saturated rings. The van der Waals surface area contributed by atoms with Crippen molar-refractivity contribution in [3.8, 4) is 11.5 Å². The molecule has 0 saturated carbocycles. The fourth-order valence-corrected chi connectivity index (χ4v) is 3.36. The third kappa shape index (κ3) is 4.59. The number of carbonyl (C=O) groups is 1. The van der Waals surface area contributed by atoms with E-state index in [2.05, 4.69) is 0 Å². The third-order valence-electron chi connectivity index (χ3n) is 4.46. The van der Waals surface area contributed by atoms with Crippen molar-refractivity contribution in [2.24, 2.45) is 0 Å². The minimum Gasteiger partial charge on any atom is -0.508 e. The quantitative estimate of drug-likeness (QED) is 0.851. The molecule has 0 aliphatic carbocycles. The second kappa shape index (κ2) is 7.98. The normalized spacial score (nSPS) is 15.2. The number of ether oxygens (including phenoxy) is 1. The van der Waals surface area contributed by atoms with Gasteiger partial charge in [-0.25, -0.2) is 0 Å². The summed E-state index contributed by atoms with van der Waals surface area (Å²) in [6, 6.07) is 12.2. The van der Waals surface area contributed by atoms with Crippen LogP contribution in [0.3, 0.4) is 0 Å². The van der Waals surface area contributed by atoms with Gasteiger partial charge in [0.25, 0.3) is 5.91 Å². The van der Waals surface area contributed by atoms with Crippen LogP contribution < -0.4 is 4.74 Å². The highest BCUT2D eigenvalue weighted by atomic mass is 35.5. The smallest absolute Gasteiger partial charge is 0.260 e. The first-order chi connectivity index (χ1) is 12.0. The summed E-state index contributed by atoms with van der Waals surface area (Å²) in [7, 11) is 0. The van der Waals surface area contributed by atoms with E-state index in [1.165, 1.54) is 5.56 Å². The van der Waals surface area contributed by atoms with Gasteiger partial charge in [-0.05, 0) is 48.6 Å². The van der Waals surface area contributed by atoms with E-state index < -0.39 is 0 Å². The summed E-state index contributed by atoms with van der Waals surface area (Å²) in [4.78, 5) is 14.2. The summed E-state index contributed by atoms with van der Waals surface area (Å²) >= 11 is 12.0. The van der Waals surface area contributed by atoms with Gasteiger partial charge in [0.1, 0.15) is 11.5 Å². The molecule has 1 aliphatic rings. The summed E-state index contributed by atoms with van der Waals surface area (Å²) in [5.74, 6) is 1.04. The Morgan fingerprint density at radius 2 is 1.80 bits per heavy atom. The van der Waals surface area contributed by atoms with E-state index in [1.54, 1.807) is 30.3 Å². The molecule has 6 heteroatoms. The highest BCUT2D eigenvalue weighted by Crippen LogP contribution is 2.30. The van der Waals surface area contributed by atoms with Crippen molar-refractivity contribution < 1.29 is 14.6 Å². The average Bonchev–Trinajstić information content (AvgIpc) is 2.63. The van der Waals surface area contributed by atoms with Crippen LogP contribution in [0.15, 0.2) is 42.5 Å². The van der Waals surface area contributed by atoms with Gasteiger partial charge in [-0.3, -0.25) is 4.79 Å². The zero-order chi connectivity index (χ0) is 17.8. The summed E-state index contributed by atoms with van der Waals surface area (Å²) in [5.41, 5.74) is 1.20. The molecule has 1 aliphatic heterocycles. The predicted molar refractivity (Wildman–Crippen MR) is 98.6 cm³/mol. The van der Waals surface area contributed by atoms with Crippen LogP contribution in [0.25, 0.3) is 0 Å². The molecule has 1 N–H and O–H groups in total. The molecule has 4 nitrogen and oxygen atoms in total. The van der Waals surface area contributed by atoms with Crippen molar-refractivity contribution in [1.29, 1.82) is 0 Å². The van der Waals surface area contributed by atoms with E-state index in [1.807, 2.05) is 17.0 Å². The Hall–Kier alpha value is -1.91. The van der Waals surface area contributed by atoms with Crippen molar-refractivity contribution >= 4 is 29.1 Å². The first-order valence-electron chi connectivity index (χ1n) is 8.17. The minimum absolute atomic E-state index is 0.0516. The van der Waals surface area contributed by atoms with E-state index >= 15 is 0 Å². The van der Waals surface area contributed by atoms with Crippen LogP contribution in [-0.2, 0) is 4.79 Å². The molecule has 1 heterocycles. The maximum atomic E-state index is 12.3. The van der Waals surface area contributed by atoms with Crippen LogP contribution >= 0.6 is 23.2 Å². The van der Waals surface area contributed by atoms with Gasteiger partial charge in [0.15, 0.2) is 6.61 Å². The topological polar surface area (TPSA) is 49.8 Å². The Morgan fingerprint density at radius 1 is 1.12 bits per heavy atom. The zero-order valence-electron chi connectivity index (χ0n) is 13.6. The fraction of sp³-hybridized carbons (Fsp3) is 0.316. The number of halogens is 2. The van der Waals surface area contributed by atoms with E-state index in [4.69, 9.17) is 27.9 Å². The zero-order valence-corrected chi connectivity index (χ0v) is 15.1. The molecule has 0 radical (unpaired) electrons. The molecule has 0 spiro atoms. The molecule has 2 aromatic rings. The predicted octanol–water partition coefficient (Wildman–Crippen LogP) is 4.48.